The lowest BCUT2D eigenvalue weighted by Gasteiger charge is -2.42. The molecule has 17 heavy (non-hydrogen) atoms. The zero-order chi connectivity index (χ0) is 11.7. The highest BCUT2D eigenvalue weighted by Crippen LogP contribution is 2.75. The Bertz CT molecular complexity index is 333. The molecule has 2 aliphatic heterocycles. The Morgan fingerprint density at radius 1 is 1.18 bits per heavy atom. The molecule has 0 bridgehead atoms. The number of fused-ring (bicyclic) bond motifs is 1. The van der Waals surface area contributed by atoms with E-state index in [1.807, 2.05) is 0 Å². The summed E-state index contributed by atoms with van der Waals surface area (Å²) in [5.74, 6) is 0.994. The molecule has 2 saturated heterocycles. The third kappa shape index (κ3) is 1.14. The normalized spacial score (nSPS) is 57.9. The topological polar surface area (TPSA) is 24.5 Å². The van der Waals surface area contributed by atoms with E-state index < -0.39 is 0 Å². The van der Waals surface area contributed by atoms with Crippen LogP contribution in [-0.4, -0.2) is 48.8 Å². The van der Waals surface area contributed by atoms with Crippen molar-refractivity contribution in [1.82, 2.24) is 10.2 Å². The summed E-state index contributed by atoms with van der Waals surface area (Å²) in [6.45, 7) is 9.25. The molecule has 1 N–H and O–H groups in total. The maximum Gasteiger partial charge on any atom is 0.0678 e. The molecule has 0 radical (unpaired) electrons. The number of morpholine rings is 1. The molecule has 96 valence electrons. The summed E-state index contributed by atoms with van der Waals surface area (Å²) in [7, 11) is 0. The number of piperidine rings is 1. The molecule has 2 aliphatic carbocycles. The summed E-state index contributed by atoms with van der Waals surface area (Å²) in [5, 5.41) is 3.67. The molecule has 3 heteroatoms. The number of hydrogen-bond acceptors (Lipinski definition) is 3. The Morgan fingerprint density at radius 2 is 1.94 bits per heavy atom. The van der Waals surface area contributed by atoms with E-state index in [1.165, 1.54) is 32.4 Å². The van der Waals surface area contributed by atoms with Crippen molar-refractivity contribution in [3.05, 3.63) is 0 Å². The third-order valence-corrected chi connectivity index (χ3v) is 5.96. The first-order valence-corrected chi connectivity index (χ1v) is 7.30. The summed E-state index contributed by atoms with van der Waals surface area (Å²) in [5.41, 5.74) is 1.18. The summed E-state index contributed by atoms with van der Waals surface area (Å²) < 4.78 is 5.90. The fourth-order valence-electron chi connectivity index (χ4n) is 5.56. The van der Waals surface area contributed by atoms with E-state index in [4.69, 9.17) is 4.74 Å². The van der Waals surface area contributed by atoms with Crippen molar-refractivity contribution in [1.29, 1.82) is 0 Å². The second-order valence-corrected chi connectivity index (χ2v) is 6.79. The van der Waals surface area contributed by atoms with Gasteiger partial charge in [-0.2, -0.15) is 0 Å². The second-order valence-electron chi connectivity index (χ2n) is 6.79. The van der Waals surface area contributed by atoms with E-state index in [0.717, 1.165) is 19.0 Å². The van der Waals surface area contributed by atoms with Gasteiger partial charge in [0.1, 0.15) is 0 Å². The zero-order valence-electron chi connectivity index (χ0n) is 11.0. The van der Waals surface area contributed by atoms with Crippen LogP contribution in [0.25, 0.3) is 0 Å². The fourth-order valence-corrected chi connectivity index (χ4v) is 5.56. The standard InChI is InChI=1S/C14H24N2O/c1-10-6-16(7-11(2)17-10)14-9-15-8-13(14)5-3-4-12(13)14/h10-12,15H,3-9H2,1-2H3. The average Bonchev–Trinajstić information content (AvgIpc) is 2.70. The molecule has 4 fully saturated rings. The molecule has 3 nitrogen and oxygen atoms in total. The van der Waals surface area contributed by atoms with Gasteiger partial charge < -0.3 is 10.1 Å². The Morgan fingerprint density at radius 3 is 2.65 bits per heavy atom. The predicted octanol–water partition coefficient (Wildman–Crippen LogP) is 1.24. The van der Waals surface area contributed by atoms with Crippen molar-refractivity contribution >= 4 is 0 Å². The number of hydrogen-bond donors (Lipinski definition) is 1. The molecule has 0 aromatic rings. The van der Waals surface area contributed by atoms with Crippen molar-refractivity contribution in [3.63, 3.8) is 0 Å². The SMILES string of the molecule is CC1CN(C23CNCC24CCCC43)CC(C)O1. The van der Waals surface area contributed by atoms with Gasteiger partial charge in [0.15, 0.2) is 0 Å². The van der Waals surface area contributed by atoms with Gasteiger partial charge in [-0.3, -0.25) is 4.90 Å². The van der Waals surface area contributed by atoms with Crippen molar-refractivity contribution < 1.29 is 4.74 Å². The van der Waals surface area contributed by atoms with Gasteiger partial charge in [-0.05, 0) is 32.6 Å². The van der Waals surface area contributed by atoms with Gasteiger partial charge in [-0.25, -0.2) is 0 Å². The van der Waals surface area contributed by atoms with E-state index in [2.05, 4.69) is 24.1 Å². The number of nitrogens with one attached hydrogen (secondary N) is 1. The maximum absolute atomic E-state index is 5.90. The lowest BCUT2D eigenvalue weighted by atomic mass is 9.95. The third-order valence-electron chi connectivity index (χ3n) is 5.96. The van der Waals surface area contributed by atoms with Gasteiger partial charge in [0.05, 0.1) is 12.2 Å². The smallest absolute Gasteiger partial charge is 0.0678 e. The van der Waals surface area contributed by atoms with Crippen LogP contribution in [0.3, 0.4) is 0 Å². The van der Waals surface area contributed by atoms with Gasteiger partial charge in [0, 0.05) is 37.1 Å². The maximum atomic E-state index is 5.90. The summed E-state index contributed by atoms with van der Waals surface area (Å²) in [6.07, 6.45) is 5.22. The molecule has 0 amide bonds. The van der Waals surface area contributed by atoms with Crippen LogP contribution in [0, 0.1) is 11.3 Å². The monoisotopic (exact) mass is 236 g/mol. The first kappa shape index (κ1) is 10.8. The molecule has 0 aromatic heterocycles. The van der Waals surface area contributed by atoms with Crippen LogP contribution in [-0.2, 0) is 4.74 Å². The quantitative estimate of drug-likeness (QED) is 0.741. The largest absolute Gasteiger partial charge is 0.373 e. The Hall–Kier alpha value is -0.120. The second kappa shape index (κ2) is 3.25. The summed E-state index contributed by atoms with van der Waals surface area (Å²) in [6, 6.07) is 0. The minimum Gasteiger partial charge on any atom is -0.373 e. The van der Waals surface area contributed by atoms with Crippen LogP contribution in [0.15, 0.2) is 0 Å². The van der Waals surface area contributed by atoms with Gasteiger partial charge >= 0.3 is 0 Å². The van der Waals surface area contributed by atoms with E-state index >= 15 is 0 Å². The number of rotatable bonds is 1. The Balaban J connectivity index is 1.62. The first-order chi connectivity index (χ1) is 8.19. The Kier molecular flexibility index (Phi) is 2.06. The molecule has 1 spiro atoms. The van der Waals surface area contributed by atoms with E-state index in [-0.39, 0.29) is 0 Å². The van der Waals surface area contributed by atoms with Crippen molar-refractivity contribution in [2.45, 2.75) is 50.9 Å². The number of nitrogens with zero attached hydrogens (tertiary/aromatic N) is 1. The molecule has 4 rings (SSSR count). The molecular weight excluding hydrogens is 212 g/mol. The van der Waals surface area contributed by atoms with Crippen molar-refractivity contribution in [2.75, 3.05) is 26.2 Å². The zero-order valence-corrected chi connectivity index (χ0v) is 11.0. The summed E-state index contributed by atoms with van der Waals surface area (Å²) in [4.78, 5) is 2.79. The van der Waals surface area contributed by atoms with E-state index in [0.29, 0.717) is 23.2 Å². The lowest BCUT2D eigenvalue weighted by Crippen LogP contribution is -2.55. The predicted molar refractivity (Wildman–Crippen MR) is 67.0 cm³/mol. The first-order valence-electron chi connectivity index (χ1n) is 7.30. The molecule has 4 aliphatic rings. The molecular formula is C14H24N2O. The van der Waals surface area contributed by atoms with Crippen LogP contribution >= 0.6 is 0 Å². The van der Waals surface area contributed by atoms with Gasteiger partial charge in [-0.1, -0.05) is 6.42 Å². The van der Waals surface area contributed by atoms with Gasteiger partial charge in [0.2, 0.25) is 0 Å². The number of ether oxygens (including phenoxy) is 1. The van der Waals surface area contributed by atoms with Crippen LogP contribution in [0.1, 0.15) is 33.1 Å². The van der Waals surface area contributed by atoms with Crippen LogP contribution < -0.4 is 5.32 Å². The highest BCUT2D eigenvalue weighted by atomic mass is 16.5. The molecule has 0 aromatic carbocycles. The highest BCUT2D eigenvalue weighted by Gasteiger charge is 2.81. The van der Waals surface area contributed by atoms with Crippen molar-refractivity contribution in [2.24, 2.45) is 11.3 Å². The molecule has 2 heterocycles. The van der Waals surface area contributed by atoms with Gasteiger partial charge in [0.25, 0.3) is 0 Å². The van der Waals surface area contributed by atoms with E-state index in [9.17, 15) is 0 Å². The van der Waals surface area contributed by atoms with E-state index in [1.54, 1.807) is 0 Å². The lowest BCUT2D eigenvalue weighted by molar-refractivity contribution is -0.0895. The minimum atomic E-state index is 0.409. The minimum absolute atomic E-state index is 0.409. The Labute approximate surface area is 104 Å². The molecule has 5 atom stereocenters. The average molecular weight is 236 g/mol. The fraction of sp³-hybridized carbons (Fsp3) is 1.00. The highest BCUT2D eigenvalue weighted by molar-refractivity contribution is 5.35. The summed E-state index contributed by atoms with van der Waals surface area (Å²) >= 11 is 0. The molecule has 2 saturated carbocycles. The van der Waals surface area contributed by atoms with Crippen molar-refractivity contribution in [3.8, 4) is 0 Å². The van der Waals surface area contributed by atoms with Crippen LogP contribution in [0.4, 0.5) is 0 Å². The van der Waals surface area contributed by atoms with Gasteiger partial charge in [-0.15, -0.1) is 0 Å². The molecule has 5 unspecified atom stereocenters. The van der Waals surface area contributed by atoms with Crippen LogP contribution in [0.2, 0.25) is 0 Å². The van der Waals surface area contributed by atoms with Crippen LogP contribution in [0.5, 0.6) is 0 Å².